The van der Waals surface area contributed by atoms with E-state index >= 15 is 0 Å². The lowest BCUT2D eigenvalue weighted by Crippen LogP contribution is -2.34. The Morgan fingerprint density at radius 2 is 1.00 bits per heavy atom. The molecule has 63 heavy (non-hydrogen) atoms. The largest absolute Gasteiger partial charge is 0.444 e. The zero-order chi connectivity index (χ0) is 45.1. The maximum atomic E-state index is 12.9. The summed E-state index contributed by atoms with van der Waals surface area (Å²) in [5, 5.41) is 0. The van der Waals surface area contributed by atoms with Gasteiger partial charge in [0, 0.05) is 32.2 Å². The number of imidazole rings is 1. The minimum absolute atomic E-state index is 0.0300. The zero-order valence-electron chi connectivity index (χ0n) is 41.2. The standard InChI is InChI=1S/C55H98N4O4/c1-3-5-7-9-11-13-15-17-19-21-23-25-27-29-31-36-42-58(43-37-32-30-28-26-24-22-20-18-16-14-12-10-8-6-4-2)44-46-62-45-38-41-54(60)53(56)47-52-48-57-50-59(52)55(61)63-49-51-39-34-33-35-40-51/h33-35,39-40,48,50,53H,3-32,36-38,41-47,49,56H2,1-2H3. The number of carbonyl (C=O) groups excluding carboxylic acids is 2. The molecule has 0 amide bonds. The summed E-state index contributed by atoms with van der Waals surface area (Å²) >= 11 is 0. The van der Waals surface area contributed by atoms with Crippen molar-refractivity contribution in [2.45, 2.75) is 251 Å². The highest BCUT2D eigenvalue weighted by molar-refractivity contribution is 5.84. The molecule has 8 nitrogen and oxygen atoms in total. The first-order valence-corrected chi connectivity index (χ1v) is 26.9. The maximum absolute atomic E-state index is 12.9. The Morgan fingerprint density at radius 3 is 1.44 bits per heavy atom. The van der Waals surface area contributed by atoms with Crippen LogP contribution >= 0.6 is 0 Å². The molecule has 0 radical (unpaired) electrons. The van der Waals surface area contributed by atoms with Crippen LogP contribution in [0.25, 0.3) is 0 Å². The molecule has 1 aromatic heterocycles. The van der Waals surface area contributed by atoms with Crippen molar-refractivity contribution in [3.8, 4) is 0 Å². The zero-order valence-corrected chi connectivity index (χ0v) is 41.2. The van der Waals surface area contributed by atoms with Gasteiger partial charge < -0.3 is 20.1 Å². The van der Waals surface area contributed by atoms with E-state index in [1.165, 1.54) is 216 Å². The third-order valence-corrected chi connectivity index (χ3v) is 12.9. The number of benzene rings is 1. The van der Waals surface area contributed by atoms with Crippen LogP contribution in [0.15, 0.2) is 42.9 Å². The number of hydrogen-bond acceptors (Lipinski definition) is 7. The highest BCUT2D eigenvalue weighted by Crippen LogP contribution is 2.16. The molecule has 0 aliphatic carbocycles. The van der Waals surface area contributed by atoms with E-state index in [0.717, 1.165) is 25.2 Å². The molecule has 1 aromatic carbocycles. The normalized spacial score (nSPS) is 12.1. The van der Waals surface area contributed by atoms with E-state index in [1.54, 1.807) is 6.20 Å². The molecule has 8 heteroatoms. The predicted octanol–water partition coefficient (Wildman–Crippen LogP) is 15.1. The molecule has 362 valence electrons. The van der Waals surface area contributed by atoms with Gasteiger partial charge in [-0.2, -0.15) is 0 Å². The molecule has 0 aliphatic heterocycles. The summed E-state index contributed by atoms with van der Waals surface area (Å²) in [6, 6.07) is 8.83. The van der Waals surface area contributed by atoms with Crippen LogP contribution < -0.4 is 5.73 Å². The van der Waals surface area contributed by atoms with Gasteiger partial charge in [0.15, 0.2) is 0 Å². The Kier molecular flexibility index (Phi) is 37.8. The average Bonchev–Trinajstić information content (AvgIpc) is 3.77. The third kappa shape index (κ3) is 32.7. The van der Waals surface area contributed by atoms with E-state index < -0.39 is 12.1 Å². The molecule has 0 spiro atoms. The highest BCUT2D eigenvalue weighted by Gasteiger charge is 2.19. The minimum Gasteiger partial charge on any atom is -0.444 e. The van der Waals surface area contributed by atoms with Gasteiger partial charge in [-0.05, 0) is 37.9 Å². The van der Waals surface area contributed by atoms with Crippen molar-refractivity contribution in [3.63, 3.8) is 0 Å². The first-order chi connectivity index (χ1) is 31.0. The average molecular weight is 879 g/mol. The third-order valence-electron chi connectivity index (χ3n) is 12.9. The Morgan fingerprint density at radius 1 is 0.571 bits per heavy atom. The molecule has 2 N–H and O–H groups in total. The molecule has 0 aliphatic rings. The van der Waals surface area contributed by atoms with Crippen molar-refractivity contribution in [1.29, 1.82) is 0 Å². The van der Waals surface area contributed by atoms with Crippen LogP contribution in [0, 0.1) is 0 Å². The van der Waals surface area contributed by atoms with Gasteiger partial charge in [-0.25, -0.2) is 14.3 Å². The minimum atomic E-state index is -0.711. The smallest absolute Gasteiger partial charge is 0.419 e. The second-order valence-electron chi connectivity index (χ2n) is 18.7. The molecular weight excluding hydrogens is 781 g/mol. The molecule has 2 aromatic rings. The fourth-order valence-electron chi connectivity index (χ4n) is 8.70. The number of unbranched alkanes of at least 4 members (excludes halogenated alkanes) is 30. The van der Waals surface area contributed by atoms with Crippen molar-refractivity contribution in [1.82, 2.24) is 14.5 Å². The van der Waals surface area contributed by atoms with Gasteiger partial charge in [0.25, 0.3) is 0 Å². The van der Waals surface area contributed by atoms with Crippen LogP contribution in [0.4, 0.5) is 4.79 Å². The predicted molar refractivity (Wildman–Crippen MR) is 267 cm³/mol. The van der Waals surface area contributed by atoms with E-state index in [4.69, 9.17) is 15.2 Å². The van der Waals surface area contributed by atoms with Crippen LogP contribution in [0.5, 0.6) is 0 Å². The van der Waals surface area contributed by atoms with Crippen molar-refractivity contribution < 1.29 is 19.1 Å². The van der Waals surface area contributed by atoms with Gasteiger partial charge in [0.1, 0.15) is 18.7 Å². The Hall–Kier alpha value is -2.55. The number of ketones is 1. The summed E-state index contributed by atoms with van der Waals surface area (Å²) in [6.07, 6.45) is 48.4. The Labute approximate surface area is 388 Å². The molecule has 1 unspecified atom stereocenters. The topological polar surface area (TPSA) is 99.7 Å². The van der Waals surface area contributed by atoms with Gasteiger partial charge >= 0.3 is 6.09 Å². The molecule has 0 saturated heterocycles. The van der Waals surface area contributed by atoms with Crippen LogP contribution in [0.2, 0.25) is 0 Å². The van der Waals surface area contributed by atoms with Crippen LogP contribution in [0.3, 0.4) is 0 Å². The summed E-state index contributed by atoms with van der Waals surface area (Å²) in [4.78, 5) is 32.4. The van der Waals surface area contributed by atoms with E-state index in [1.807, 2.05) is 30.3 Å². The second-order valence-corrected chi connectivity index (χ2v) is 18.7. The van der Waals surface area contributed by atoms with E-state index in [0.29, 0.717) is 31.7 Å². The van der Waals surface area contributed by atoms with Gasteiger partial charge in [-0.15, -0.1) is 0 Å². The van der Waals surface area contributed by atoms with Gasteiger partial charge in [-0.3, -0.25) is 4.79 Å². The SMILES string of the molecule is CCCCCCCCCCCCCCCCCCN(CCCCCCCCCCCCCCCCCC)CCOCCCC(=O)C(N)Cc1cncn1C(=O)OCc1ccccc1. The number of ether oxygens (including phenoxy) is 2. The maximum Gasteiger partial charge on any atom is 0.419 e. The number of aromatic nitrogens is 2. The van der Waals surface area contributed by atoms with Crippen molar-refractivity contribution in [2.75, 3.05) is 32.8 Å². The van der Waals surface area contributed by atoms with Crippen molar-refractivity contribution >= 4 is 11.9 Å². The number of nitrogens with zero attached hydrogens (tertiary/aromatic N) is 3. The Bertz CT molecular complexity index is 1270. The fraction of sp³-hybridized carbons (Fsp3) is 0.800. The Balaban J connectivity index is 1.59. The number of nitrogens with two attached hydrogens (primary N) is 1. The summed E-state index contributed by atoms with van der Waals surface area (Å²) < 4.78 is 12.9. The first-order valence-electron chi connectivity index (χ1n) is 26.9. The lowest BCUT2D eigenvalue weighted by Gasteiger charge is -2.22. The lowest BCUT2D eigenvalue weighted by atomic mass is 10.0. The lowest BCUT2D eigenvalue weighted by molar-refractivity contribution is -0.120. The van der Waals surface area contributed by atoms with Gasteiger partial charge in [0.05, 0.1) is 18.3 Å². The summed E-state index contributed by atoms with van der Waals surface area (Å²) in [5.41, 5.74) is 7.77. The van der Waals surface area contributed by atoms with Crippen molar-refractivity contribution in [2.24, 2.45) is 5.73 Å². The molecular formula is C55H98N4O4. The monoisotopic (exact) mass is 879 g/mol. The molecule has 0 bridgehead atoms. The van der Waals surface area contributed by atoms with E-state index in [2.05, 4.69) is 23.7 Å². The molecule has 1 heterocycles. The quantitative estimate of drug-likeness (QED) is 0.0661. The number of rotatable bonds is 46. The molecule has 0 saturated carbocycles. The van der Waals surface area contributed by atoms with Crippen LogP contribution in [0.1, 0.15) is 243 Å². The van der Waals surface area contributed by atoms with Gasteiger partial charge in [-0.1, -0.05) is 237 Å². The number of hydrogen-bond donors (Lipinski definition) is 1. The van der Waals surface area contributed by atoms with E-state index in [-0.39, 0.29) is 18.8 Å². The molecule has 2 rings (SSSR count). The number of carbonyl (C=O) groups is 2. The second kappa shape index (κ2) is 42.1. The number of Topliss-reactive ketones (excluding diaryl/α,β-unsaturated/α-hetero) is 1. The first kappa shape index (κ1) is 56.6. The summed E-state index contributed by atoms with van der Waals surface area (Å²) in [6.45, 7) is 9.27. The molecule has 0 fully saturated rings. The van der Waals surface area contributed by atoms with Gasteiger partial charge in [0.2, 0.25) is 0 Å². The van der Waals surface area contributed by atoms with Crippen molar-refractivity contribution in [3.05, 3.63) is 54.1 Å². The summed E-state index contributed by atoms with van der Waals surface area (Å²) in [5.74, 6) is -0.0300. The molecule has 1 atom stereocenters. The van der Waals surface area contributed by atoms with E-state index in [9.17, 15) is 9.59 Å². The van der Waals surface area contributed by atoms with Crippen LogP contribution in [-0.4, -0.2) is 65.2 Å². The summed E-state index contributed by atoms with van der Waals surface area (Å²) in [7, 11) is 0. The fourth-order valence-corrected chi connectivity index (χ4v) is 8.70. The highest BCUT2D eigenvalue weighted by atomic mass is 16.5. The van der Waals surface area contributed by atoms with Crippen LogP contribution in [-0.2, 0) is 27.3 Å².